The Morgan fingerprint density at radius 3 is 2.36 bits per heavy atom. The first kappa shape index (κ1) is 22.0. The van der Waals surface area contributed by atoms with Gasteiger partial charge in [-0.15, -0.1) is 12.4 Å². The van der Waals surface area contributed by atoms with Crippen LogP contribution in [-0.2, 0) is 9.53 Å². The van der Waals surface area contributed by atoms with Crippen molar-refractivity contribution in [2.45, 2.75) is 70.9 Å². The number of nitrogens with zero attached hydrogens (tertiary/aromatic N) is 2. The molecular weight excluding hydrogens is 342 g/mol. The van der Waals surface area contributed by atoms with Gasteiger partial charge in [-0.25, -0.2) is 4.79 Å². The summed E-state index contributed by atoms with van der Waals surface area (Å²) in [4.78, 5) is 28.2. The van der Waals surface area contributed by atoms with Gasteiger partial charge in [0.05, 0.1) is 12.6 Å². The minimum atomic E-state index is -0.408. The number of amides is 2. The quantitative estimate of drug-likeness (QED) is 0.742. The monoisotopic (exact) mass is 375 g/mol. The molecule has 1 atom stereocenters. The summed E-state index contributed by atoms with van der Waals surface area (Å²) < 4.78 is 5.75. The number of hydrogen-bond acceptors (Lipinski definition) is 4. The summed E-state index contributed by atoms with van der Waals surface area (Å²) in [6.45, 7) is 9.04. The Morgan fingerprint density at radius 2 is 1.84 bits per heavy atom. The average Bonchev–Trinajstić information content (AvgIpc) is 2.88. The maximum absolute atomic E-state index is 12.3. The zero-order valence-electron chi connectivity index (χ0n) is 15.8. The molecule has 0 bridgehead atoms. The third-order valence-corrected chi connectivity index (χ3v) is 5.58. The van der Waals surface area contributed by atoms with E-state index in [0.29, 0.717) is 38.4 Å². The van der Waals surface area contributed by atoms with Crippen LogP contribution in [0.25, 0.3) is 0 Å². The number of likely N-dealkylation sites (tertiary alicyclic amines) is 1. The highest BCUT2D eigenvalue weighted by atomic mass is 35.5. The minimum Gasteiger partial charge on any atom is -0.441 e. The van der Waals surface area contributed by atoms with E-state index in [0.717, 1.165) is 32.2 Å². The van der Waals surface area contributed by atoms with E-state index >= 15 is 0 Å². The predicted octanol–water partition coefficient (Wildman–Crippen LogP) is 2.79. The van der Waals surface area contributed by atoms with Gasteiger partial charge in [-0.2, -0.15) is 0 Å². The van der Waals surface area contributed by atoms with Crippen LogP contribution in [0.1, 0.15) is 59.3 Å². The number of ether oxygens (including phenoxy) is 1. The summed E-state index contributed by atoms with van der Waals surface area (Å²) in [5.41, 5.74) is 5.54. The van der Waals surface area contributed by atoms with Gasteiger partial charge in [0.2, 0.25) is 5.91 Å². The number of carbonyl (C=O) groups is 2. The number of piperidine rings is 1. The fourth-order valence-electron chi connectivity index (χ4n) is 3.76. The minimum absolute atomic E-state index is 0. The Balaban J connectivity index is 0.00000312. The van der Waals surface area contributed by atoms with Gasteiger partial charge in [0.15, 0.2) is 0 Å². The van der Waals surface area contributed by atoms with Crippen LogP contribution in [0, 0.1) is 5.92 Å². The van der Waals surface area contributed by atoms with Crippen LogP contribution >= 0.6 is 12.4 Å². The normalized spacial score (nSPS) is 20.6. The molecule has 0 aliphatic carbocycles. The SMILES string of the molecule is CCC[C@@H](N)C(=O)N1CCC2(CC1)CN(CC(CC)CC)C(=O)O2.Cl. The zero-order valence-corrected chi connectivity index (χ0v) is 16.6. The average molecular weight is 376 g/mol. The second-order valence-electron chi connectivity index (χ2n) is 7.33. The van der Waals surface area contributed by atoms with Gasteiger partial charge in [0, 0.05) is 32.5 Å². The molecule has 2 heterocycles. The lowest BCUT2D eigenvalue weighted by Gasteiger charge is -2.38. The highest BCUT2D eigenvalue weighted by Gasteiger charge is 2.47. The molecule has 146 valence electrons. The van der Waals surface area contributed by atoms with E-state index in [9.17, 15) is 9.59 Å². The first-order valence-corrected chi connectivity index (χ1v) is 9.47. The summed E-state index contributed by atoms with van der Waals surface area (Å²) in [6.07, 6.45) is 5.01. The lowest BCUT2D eigenvalue weighted by Crippen LogP contribution is -2.52. The topological polar surface area (TPSA) is 75.9 Å². The second kappa shape index (κ2) is 9.62. The van der Waals surface area contributed by atoms with Crippen LogP contribution in [0.5, 0.6) is 0 Å². The van der Waals surface area contributed by atoms with Gasteiger partial charge >= 0.3 is 6.09 Å². The molecule has 2 amide bonds. The van der Waals surface area contributed by atoms with Crippen molar-refractivity contribution in [1.82, 2.24) is 9.80 Å². The molecule has 0 radical (unpaired) electrons. The number of halogens is 1. The molecule has 0 aromatic rings. The lowest BCUT2D eigenvalue weighted by molar-refractivity contribution is -0.136. The molecule has 2 aliphatic heterocycles. The van der Waals surface area contributed by atoms with E-state index in [1.807, 2.05) is 16.7 Å². The van der Waals surface area contributed by atoms with Crippen LogP contribution in [0.15, 0.2) is 0 Å². The van der Waals surface area contributed by atoms with E-state index in [1.54, 1.807) is 0 Å². The summed E-state index contributed by atoms with van der Waals surface area (Å²) in [7, 11) is 0. The molecule has 7 heteroatoms. The third-order valence-electron chi connectivity index (χ3n) is 5.58. The summed E-state index contributed by atoms with van der Waals surface area (Å²) in [5, 5.41) is 0. The molecule has 0 unspecified atom stereocenters. The Kier molecular flexibility index (Phi) is 8.48. The third kappa shape index (κ3) is 5.23. The van der Waals surface area contributed by atoms with Crippen molar-refractivity contribution >= 4 is 24.4 Å². The first-order valence-electron chi connectivity index (χ1n) is 9.47. The van der Waals surface area contributed by atoms with Crippen LogP contribution in [-0.4, -0.2) is 59.6 Å². The van der Waals surface area contributed by atoms with Gasteiger partial charge in [-0.1, -0.05) is 40.0 Å². The van der Waals surface area contributed by atoms with Crippen molar-refractivity contribution in [2.75, 3.05) is 26.2 Å². The Hall–Kier alpha value is -1.01. The molecular formula is C18H34ClN3O3. The first-order chi connectivity index (χ1) is 11.4. The number of nitrogens with two attached hydrogens (primary N) is 1. The maximum atomic E-state index is 12.3. The lowest BCUT2D eigenvalue weighted by atomic mass is 9.90. The predicted molar refractivity (Wildman–Crippen MR) is 101 cm³/mol. The van der Waals surface area contributed by atoms with Gasteiger partial charge in [0.1, 0.15) is 5.60 Å². The molecule has 0 aromatic carbocycles. The van der Waals surface area contributed by atoms with Gasteiger partial charge in [-0.05, 0) is 12.3 Å². The molecule has 0 saturated carbocycles. The van der Waals surface area contributed by atoms with Crippen LogP contribution in [0.3, 0.4) is 0 Å². The maximum Gasteiger partial charge on any atom is 0.410 e. The number of rotatable bonds is 7. The van der Waals surface area contributed by atoms with Crippen LogP contribution < -0.4 is 5.73 Å². The van der Waals surface area contributed by atoms with E-state index in [4.69, 9.17) is 10.5 Å². The fraction of sp³-hybridized carbons (Fsp3) is 0.889. The molecule has 2 aliphatic rings. The van der Waals surface area contributed by atoms with E-state index in [-0.39, 0.29) is 24.4 Å². The fourth-order valence-corrected chi connectivity index (χ4v) is 3.76. The van der Waals surface area contributed by atoms with Crippen molar-refractivity contribution in [2.24, 2.45) is 11.7 Å². The van der Waals surface area contributed by atoms with Crippen molar-refractivity contribution in [1.29, 1.82) is 0 Å². The smallest absolute Gasteiger partial charge is 0.410 e. The van der Waals surface area contributed by atoms with Gasteiger partial charge in [0.25, 0.3) is 0 Å². The van der Waals surface area contributed by atoms with E-state index < -0.39 is 11.6 Å². The second-order valence-corrected chi connectivity index (χ2v) is 7.33. The molecule has 1 spiro atoms. The summed E-state index contributed by atoms with van der Waals surface area (Å²) in [6, 6.07) is -0.401. The highest BCUT2D eigenvalue weighted by molar-refractivity contribution is 5.85. The number of hydrogen-bond donors (Lipinski definition) is 1. The Bertz CT molecular complexity index is 449. The van der Waals surface area contributed by atoms with Crippen molar-refractivity contribution in [3.05, 3.63) is 0 Å². The van der Waals surface area contributed by atoms with E-state index in [2.05, 4.69) is 13.8 Å². The molecule has 6 nitrogen and oxygen atoms in total. The number of carbonyl (C=O) groups excluding carboxylic acids is 2. The molecule has 25 heavy (non-hydrogen) atoms. The molecule has 2 rings (SSSR count). The highest BCUT2D eigenvalue weighted by Crippen LogP contribution is 2.34. The van der Waals surface area contributed by atoms with Crippen molar-refractivity contribution in [3.63, 3.8) is 0 Å². The van der Waals surface area contributed by atoms with Gasteiger partial charge < -0.3 is 20.3 Å². The summed E-state index contributed by atoms with van der Waals surface area (Å²) in [5.74, 6) is 0.561. The van der Waals surface area contributed by atoms with Crippen LogP contribution in [0.4, 0.5) is 4.79 Å². The van der Waals surface area contributed by atoms with Crippen molar-refractivity contribution in [3.8, 4) is 0 Å². The van der Waals surface area contributed by atoms with E-state index in [1.165, 1.54) is 0 Å². The zero-order chi connectivity index (χ0) is 17.7. The molecule has 0 aromatic heterocycles. The standard InChI is InChI=1S/C18H33N3O3.ClH/c1-4-7-15(19)16(22)20-10-8-18(9-11-20)13-21(17(23)24-18)12-14(5-2)6-3;/h14-15H,4-13,19H2,1-3H3;1H/t15-;/m1./s1. The Labute approximate surface area is 157 Å². The largest absolute Gasteiger partial charge is 0.441 e. The van der Waals surface area contributed by atoms with Gasteiger partial charge in [-0.3, -0.25) is 4.79 Å². The van der Waals surface area contributed by atoms with Crippen LogP contribution in [0.2, 0.25) is 0 Å². The Morgan fingerprint density at radius 1 is 1.24 bits per heavy atom. The molecule has 2 fully saturated rings. The molecule has 2 N–H and O–H groups in total. The molecule has 2 saturated heterocycles. The summed E-state index contributed by atoms with van der Waals surface area (Å²) >= 11 is 0. The van der Waals surface area contributed by atoms with Crippen molar-refractivity contribution < 1.29 is 14.3 Å².